The van der Waals surface area contributed by atoms with Crippen LogP contribution >= 0.6 is 7.92 Å². The van der Waals surface area contributed by atoms with Crippen LogP contribution in [-0.4, -0.2) is 16.4 Å². The van der Waals surface area contributed by atoms with Gasteiger partial charge in [-0.2, -0.15) is 0 Å². The predicted octanol–water partition coefficient (Wildman–Crippen LogP) is 5.33. The monoisotopic (exact) mass is 427 g/mol. The van der Waals surface area contributed by atoms with Crippen molar-refractivity contribution >= 4 is 35.2 Å². The summed E-state index contributed by atoms with van der Waals surface area (Å²) in [4.78, 5) is 5.17. The van der Waals surface area contributed by atoms with Gasteiger partial charge < -0.3 is 5.11 Å². The molecule has 0 spiro atoms. The molecule has 3 aromatic carbocycles. The van der Waals surface area contributed by atoms with Gasteiger partial charge in [0.2, 0.25) is 0 Å². The van der Waals surface area contributed by atoms with E-state index in [2.05, 4.69) is 98.8 Å². The highest BCUT2D eigenvalue weighted by Gasteiger charge is 2.61. The minimum Gasteiger partial charge on any atom is -0.384 e. The van der Waals surface area contributed by atoms with Crippen LogP contribution in [0, 0.1) is 17.3 Å². The van der Waals surface area contributed by atoms with E-state index in [0.29, 0.717) is 5.92 Å². The molecule has 3 heteroatoms. The van der Waals surface area contributed by atoms with Crippen LogP contribution in [0.1, 0.15) is 33.6 Å². The van der Waals surface area contributed by atoms with E-state index in [9.17, 15) is 5.11 Å². The highest BCUT2D eigenvalue weighted by Crippen LogP contribution is 2.61. The van der Waals surface area contributed by atoms with E-state index >= 15 is 0 Å². The fraction of sp³-hybridized carbons (Fsp3) is 0.321. The molecule has 3 aliphatic rings. The molecule has 3 aliphatic carbocycles. The van der Waals surface area contributed by atoms with E-state index in [-0.39, 0.29) is 11.3 Å². The molecule has 0 radical (unpaired) electrons. The summed E-state index contributed by atoms with van der Waals surface area (Å²) in [6, 6.07) is 30.0. The van der Waals surface area contributed by atoms with E-state index in [1.54, 1.807) is 0 Å². The van der Waals surface area contributed by atoms with Crippen LogP contribution in [-0.2, 0) is 0 Å². The number of hydrogen-bond donors (Lipinski definition) is 1. The lowest BCUT2D eigenvalue weighted by Crippen LogP contribution is -2.64. The zero-order chi connectivity index (χ0) is 21.6. The van der Waals surface area contributed by atoms with Gasteiger partial charge in [-0.25, -0.2) is 0 Å². The molecule has 1 N–H and O–H groups in total. The number of fused-ring (bicyclic) bond motifs is 2. The standard InChI is InChI=1S/C28H30NOP/c1-27(2)20-18-25(27)28(3,30)26(19-20)29-23-16-10-11-17-24(23)31(21-12-6-4-7-13-21)22-14-8-5-9-15-22/h4-17,20,25,30H,18-19H2,1-3H3/t20-,25-,28-/m1/s1. The fourth-order valence-corrected chi connectivity index (χ4v) is 7.97. The molecule has 6 rings (SSSR count). The van der Waals surface area contributed by atoms with Crippen LogP contribution in [0.3, 0.4) is 0 Å². The second-order valence-corrected chi connectivity index (χ2v) is 11.9. The van der Waals surface area contributed by atoms with Crippen molar-refractivity contribution in [2.24, 2.45) is 22.2 Å². The smallest absolute Gasteiger partial charge is 0.103 e. The minimum atomic E-state index is -0.840. The number of hydrogen-bond acceptors (Lipinski definition) is 2. The highest BCUT2D eigenvalue weighted by molar-refractivity contribution is 7.80. The number of aliphatic hydroxyl groups is 1. The quantitative estimate of drug-likeness (QED) is 0.561. The molecule has 3 saturated carbocycles. The first-order chi connectivity index (χ1) is 14.9. The topological polar surface area (TPSA) is 32.6 Å². The summed E-state index contributed by atoms with van der Waals surface area (Å²) in [6.07, 6.45) is 2.00. The van der Waals surface area contributed by atoms with E-state index in [0.717, 1.165) is 24.2 Å². The molecule has 3 fully saturated rings. The van der Waals surface area contributed by atoms with E-state index < -0.39 is 13.5 Å². The van der Waals surface area contributed by atoms with Gasteiger partial charge in [-0.05, 0) is 61.6 Å². The highest BCUT2D eigenvalue weighted by atomic mass is 31.1. The van der Waals surface area contributed by atoms with Crippen LogP contribution in [0.5, 0.6) is 0 Å². The van der Waals surface area contributed by atoms with Crippen LogP contribution in [0.2, 0.25) is 0 Å². The zero-order valence-electron chi connectivity index (χ0n) is 18.5. The Labute approximate surface area is 186 Å². The Hall–Kier alpha value is -2.28. The third-order valence-electron chi connectivity index (χ3n) is 7.58. The Morgan fingerprint density at radius 2 is 1.35 bits per heavy atom. The molecule has 158 valence electrons. The largest absolute Gasteiger partial charge is 0.384 e. The Morgan fingerprint density at radius 3 is 1.90 bits per heavy atom. The number of nitrogens with zero attached hydrogens (tertiary/aromatic N) is 1. The lowest BCUT2D eigenvalue weighted by molar-refractivity contribution is -0.133. The lowest BCUT2D eigenvalue weighted by atomic mass is 9.44. The van der Waals surface area contributed by atoms with Gasteiger partial charge in [-0.1, -0.05) is 92.7 Å². The first kappa shape index (κ1) is 20.6. The van der Waals surface area contributed by atoms with E-state index in [1.165, 1.54) is 15.9 Å². The third-order valence-corrected chi connectivity index (χ3v) is 10.1. The molecular formula is C28H30NOP. The lowest BCUT2D eigenvalue weighted by Gasteiger charge is -2.62. The van der Waals surface area contributed by atoms with Crippen molar-refractivity contribution in [1.29, 1.82) is 0 Å². The molecule has 0 amide bonds. The van der Waals surface area contributed by atoms with Crippen molar-refractivity contribution in [3.63, 3.8) is 0 Å². The summed E-state index contributed by atoms with van der Waals surface area (Å²) >= 11 is 0. The SMILES string of the molecule is CC1(C)[C@H]2CC(=Nc3ccccc3P(c3ccccc3)c3ccccc3)[C@](C)(O)[C@@H]1C2. The maximum Gasteiger partial charge on any atom is 0.103 e. The molecule has 31 heavy (non-hydrogen) atoms. The molecule has 0 heterocycles. The number of para-hydroxylation sites is 1. The van der Waals surface area contributed by atoms with Gasteiger partial charge in [0.15, 0.2) is 0 Å². The second kappa shape index (κ2) is 7.69. The summed E-state index contributed by atoms with van der Waals surface area (Å²) in [7, 11) is -0.732. The average Bonchev–Trinajstić information content (AvgIpc) is 2.77. The molecule has 3 atom stereocenters. The Balaban J connectivity index is 1.61. The van der Waals surface area contributed by atoms with Gasteiger partial charge in [0.1, 0.15) is 5.60 Å². The van der Waals surface area contributed by atoms with Crippen molar-refractivity contribution < 1.29 is 5.11 Å². The molecule has 2 bridgehead atoms. The molecule has 3 aromatic rings. The van der Waals surface area contributed by atoms with Crippen LogP contribution < -0.4 is 15.9 Å². The van der Waals surface area contributed by atoms with Crippen molar-refractivity contribution in [2.45, 2.75) is 39.2 Å². The van der Waals surface area contributed by atoms with Gasteiger partial charge in [0.25, 0.3) is 0 Å². The molecule has 0 aromatic heterocycles. The average molecular weight is 428 g/mol. The van der Waals surface area contributed by atoms with Crippen molar-refractivity contribution in [1.82, 2.24) is 0 Å². The zero-order valence-corrected chi connectivity index (χ0v) is 19.4. The molecule has 0 saturated heterocycles. The van der Waals surface area contributed by atoms with Crippen LogP contribution in [0.25, 0.3) is 0 Å². The number of rotatable bonds is 4. The van der Waals surface area contributed by atoms with Gasteiger partial charge in [0, 0.05) is 5.30 Å². The van der Waals surface area contributed by atoms with E-state index in [1.807, 2.05) is 6.92 Å². The molecule has 0 aliphatic heterocycles. The van der Waals surface area contributed by atoms with Crippen LogP contribution in [0.4, 0.5) is 5.69 Å². The van der Waals surface area contributed by atoms with Gasteiger partial charge in [-0.3, -0.25) is 4.99 Å². The van der Waals surface area contributed by atoms with Gasteiger partial charge in [-0.15, -0.1) is 0 Å². The summed E-state index contributed by atoms with van der Waals surface area (Å²) in [5, 5.41) is 15.4. The Bertz CT molecular complexity index is 1060. The molecule has 2 nitrogen and oxygen atoms in total. The summed E-state index contributed by atoms with van der Waals surface area (Å²) in [5.74, 6) is 0.905. The summed E-state index contributed by atoms with van der Waals surface area (Å²) in [5.41, 5.74) is 1.31. The normalized spacial score (nSPS) is 27.8. The summed E-state index contributed by atoms with van der Waals surface area (Å²) in [6.45, 7) is 6.58. The second-order valence-electron chi connectivity index (χ2n) is 9.71. The predicted molar refractivity (Wildman–Crippen MR) is 133 cm³/mol. The minimum absolute atomic E-state index is 0.197. The number of benzene rings is 3. The maximum absolute atomic E-state index is 11.5. The van der Waals surface area contributed by atoms with E-state index in [4.69, 9.17) is 4.99 Å². The van der Waals surface area contributed by atoms with Crippen molar-refractivity contribution in [3.05, 3.63) is 84.9 Å². The third kappa shape index (κ3) is 3.47. The van der Waals surface area contributed by atoms with Crippen molar-refractivity contribution in [2.75, 3.05) is 0 Å². The van der Waals surface area contributed by atoms with Crippen molar-refractivity contribution in [3.8, 4) is 0 Å². The number of aliphatic imine (C=N–C) groups is 1. The fourth-order valence-electron chi connectivity index (χ4n) is 5.59. The molecule has 0 unspecified atom stereocenters. The first-order valence-corrected chi connectivity index (χ1v) is 12.5. The van der Waals surface area contributed by atoms with Crippen LogP contribution in [0.15, 0.2) is 89.9 Å². The Morgan fingerprint density at radius 1 is 0.806 bits per heavy atom. The Kier molecular flexibility index (Phi) is 5.12. The van der Waals surface area contributed by atoms with Gasteiger partial charge in [0.05, 0.1) is 11.4 Å². The first-order valence-electron chi connectivity index (χ1n) is 11.2. The maximum atomic E-state index is 11.5. The van der Waals surface area contributed by atoms with Gasteiger partial charge >= 0.3 is 0 Å². The summed E-state index contributed by atoms with van der Waals surface area (Å²) < 4.78 is 0. The molecular weight excluding hydrogens is 397 g/mol.